The van der Waals surface area contributed by atoms with Crippen molar-refractivity contribution in [3.05, 3.63) is 29.8 Å². The van der Waals surface area contributed by atoms with Crippen molar-refractivity contribution in [2.24, 2.45) is 5.73 Å². The molecule has 0 bridgehead atoms. The summed E-state index contributed by atoms with van der Waals surface area (Å²) in [7, 11) is 0. The van der Waals surface area contributed by atoms with Crippen LogP contribution in [0.3, 0.4) is 0 Å². The number of β-amino-alcohol motifs (C(OH)–C–C–N with tert-alkyl or cyclic N) is 1. The van der Waals surface area contributed by atoms with Crippen LogP contribution in [0.2, 0.25) is 0 Å². The third kappa shape index (κ3) is 5.46. The van der Waals surface area contributed by atoms with Crippen LogP contribution in [-0.2, 0) is 11.3 Å². The second-order valence-corrected chi connectivity index (χ2v) is 5.65. The van der Waals surface area contributed by atoms with E-state index < -0.39 is 0 Å². The maximum Gasteiger partial charge on any atom is 0.224 e. The molecule has 1 aromatic rings. The lowest BCUT2D eigenvalue weighted by atomic mass is 10.1. The molecule has 1 heterocycles. The monoisotopic (exact) mass is 291 g/mol. The van der Waals surface area contributed by atoms with Crippen molar-refractivity contribution in [2.75, 3.05) is 25.0 Å². The molecule has 0 spiro atoms. The first-order valence-electron chi connectivity index (χ1n) is 7.66. The van der Waals surface area contributed by atoms with Crippen LogP contribution in [-0.4, -0.2) is 41.7 Å². The molecular formula is C16H25N3O2. The van der Waals surface area contributed by atoms with Gasteiger partial charge in [0.15, 0.2) is 0 Å². The van der Waals surface area contributed by atoms with Gasteiger partial charge in [-0.2, -0.15) is 0 Å². The van der Waals surface area contributed by atoms with Crippen molar-refractivity contribution in [3.8, 4) is 0 Å². The first-order valence-corrected chi connectivity index (χ1v) is 7.66. The van der Waals surface area contributed by atoms with Crippen LogP contribution < -0.4 is 11.1 Å². The number of hydrogen-bond donors (Lipinski definition) is 3. The summed E-state index contributed by atoms with van der Waals surface area (Å²) in [6, 6.07) is 7.59. The molecule has 1 fully saturated rings. The molecule has 5 nitrogen and oxygen atoms in total. The maximum atomic E-state index is 11.9. The number of aliphatic hydroxyl groups excluding tert-OH is 1. The molecule has 1 atom stereocenters. The van der Waals surface area contributed by atoms with E-state index >= 15 is 0 Å². The Hall–Kier alpha value is -1.43. The Bertz CT molecular complexity index is 447. The smallest absolute Gasteiger partial charge is 0.224 e. The van der Waals surface area contributed by atoms with Gasteiger partial charge in [-0.05, 0) is 50.0 Å². The van der Waals surface area contributed by atoms with Crippen molar-refractivity contribution >= 4 is 11.6 Å². The summed E-state index contributed by atoms with van der Waals surface area (Å²) in [4.78, 5) is 14.1. The number of rotatable bonds is 6. The van der Waals surface area contributed by atoms with Crippen LogP contribution in [0.1, 0.15) is 31.2 Å². The summed E-state index contributed by atoms with van der Waals surface area (Å²) in [5.41, 5.74) is 7.40. The lowest BCUT2D eigenvalue weighted by Crippen LogP contribution is -2.38. The number of nitrogens with zero attached hydrogens (tertiary/aromatic N) is 1. The van der Waals surface area contributed by atoms with Crippen molar-refractivity contribution in [1.29, 1.82) is 0 Å². The Morgan fingerprint density at radius 3 is 2.81 bits per heavy atom. The highest BCUT2D eigenvalue weighted by molar-refractivity contribution is 5.90. The van der Waals surface area contributed by atoms with Crippen LogP contribution in [0.4, 0.5) is 5.69 Å². The van der Waals surface area contributed by atoms with E-state index in [1.807, 2.05) is 24.3 Å². The average Bonchev–Trinajstić information content (AvgIpc) is 2.48. The number of amides is 1. The first kappa shape index (κ1) is 15.9. The normalized spacial score (nSPS) is 19.4. The maximum absolute atomic E-state index is 11.9. The second kappa shape index (κ2) is 8.12. The Balaban J connectivity index is 1.67. The summed E-state index contributed by atoms with van der Waals surface area (Å²) in [5.74, 6) is 0.0352. The van der Waals surface area contributed by atoms with E-state index in [0.29, 0.717) is 13.0 Å². The molecule has 1 aliphatic rings. The fourth-order valence-corrected chi connectivity index (χ4v) is 2.65. The predicted molar refractivity (Wildman–Crippen MR) is 83.9 cm³/mol. The van der Waals surface area contributed by atoms with E-state index in [2.05, 4.69) is 10.2 Å². The number of aliphatic hydroxyl groups is 1. The van der Waals surface area contributed by atoms with Crippen molar-refractivity contribution < 1.29 is 9.90 Å². The largest absolute Gasteiger partial charge is 0.392 e. The van der Waals surface area contributed by atoms with Crippen LogP contribution >= 0.6 is 0 Å². The molecule has 4 N–H and O–H groups in total. The highest BCUT2D eigenvalue weighted by Gasteiger charge is 2.17. The molecule has 1 amide bonds. The number of anilines is 1. The number of piperidine rings is 1. The zero-order valence-corrected chi connectivity index (χ0v) is 12.4. The topological polar surface area (TPSA) is 78.6 Å². The Kier molecular flexibility index (Phi) is 6.17. The number of hydrogen-bond acceptors (Lipinski definition) is 4. The van der Waals surface area contributed by atoms with Gasteiger partial charge in [-0.15, -0.1) is 0 Å². The molecule has 0 aromatic heterocycles. The molecular weight excluding hydrogens is 266 g/mol. The van der Waals surface area contributed by atoms with Crippen molar-refractivity contribution in [1.82, 2.24) is 4.90 Å². The van der Waals surface area contributed by atoms with Crippen LogP contribution in [0.25, 0.3) is 0 Å². The molecule has 0 saturated carbocycles. The third-order valence-electron chi connectivity index (χ3n) is 3.83. The van der Waals surface area contributed by atoms with E-state index in [4.69, 9.17) is 5.73 Å². The molecule has 5 heteroatoms. The molecule has 0 aliphatic carbocycles. The highest BCUT2D eigenvalue weighted by Crippen LogP contribution is 2.12. The SMILES string of the molecule is NCc1ccc(NC(=O)CCCN2CCCC(O)C2)cc1. The van der Waals surface area contributed by atoms with Gasteiger partial charge >= 0.3 is 0 Å². The van der Waals surface area contributed by atoms with Gasteiger partial charge < -0.3 is 21.1 Å². The quantitative estimate of drug-likeness (QED) is 0.738. The number of likely N-dealkylation sites (tertiary alicyclic amines) is 1. The van der Waals surface area contributed by atoms with Crippen LogP contribution in [0, 0.1) is 0 Å². The zero-order chi connectivity index (χ0) is 15.1. The fourth-order valence-electron chi connectivity index (χ4n) is 2.65. The summed E-state index contributed by atoms with van der Waals surface area (Å²) < 4.78 is 0. The minimum atomic E-state index is -0.200. The fraction of sp³-hybridized carbons (Fsp3) is 0.562. The Labute approximate surface area is 126 Å². The molecule has 116 valence electrons. The number of nitrogens with one attached hydrogen (secondary N) is 1. The number of benzene rings is 1. The number of carbonyl (C=O) groups is 1. The lowest BCUT2D eigenvalue weighted by molar-refractivity contribution is -0.116. The first-order chi connectivity index (χ1) is 10.2. The molecule has 1 unspecified atom stereocenters. The van der Waals surface area contributed by atoms with Gasteiger partial charge in [0.1, 0.15) is 0 Å². The van der Waals surface area contributed by atoms with Gasteiger partial charge in [-0.25, -0.2) is 0 Å². The van der Waals surface area contributed by atoms with Crippen LogP contribution in [0.5, 0.6) is 0 Å². The Morgan fingerprint density at radius 2 is 2.14 bits per heavy atom. The second-order valence-electron chi connectivity index (χ2n) is 5.65. The van der Waals surface area contributed by atoms with E-state index in [0.717, 1.165) is 50.1 Å². The van der Waals surface area contributed by atoms with Crippen molar-refractivity contribution in [2.45, 2.75) is 38.3 Å². The van der Waals surface area contributed by atoms with Crippen molar-refractivity contribution in [3.63, 3.8) is 0 Å². The third-order valence-corrected chi connectivity index (χ3v) is 3.83. The van der Waals surface area contributed by atoms with E-state index in [1.54, 1.807) is 0 Å². The number of carbonyl (C=O) groups excluding carboxylic acids is 1. The van der Waals surface area contributed by atoms with Gasteiger partial charge in [0.05, 0.1) is 6.10 Å². The molecule has 0 radical (unpaired) electrons. The molecule has 1 aromatic carbocycles. The summed E-state index contributed by atoms with van der Waals surface area (Å²) >= 11 is 0. The highest BCUT2D eigenvalue weighted by atomic mass is 16.3. The van der Waals surface area contributed by atoms with E-state index in [-0.39, 0.29) is 12.0 Å². The molecule has 1 saturated heterocycles. The molecule has 1 aliphatic heterocycles. The van der Waals surface area contributed by atoms with Gasteiger partial charge in [0, 0.05) is 25.2 Å². The molecule has 21 heavy (non-hydrogen) atoms. The van der Waals surface area contributed by atoms with Crippen LogP contribution in [0.15, 0.2) is 24.3 Å². The standard InChI is InChI=1S/C16H25N3O2/c17-11-13-5-7-14(8-6-13)18-16(21)4-2-10-19-9-1-3-15(20)12-19/h5-8,15,20H,1-4,9-12,17H2,(H,18,21). The zero-order valence-electron chi connectivity index (χ0n) is 12.4. The number of nitrogens with two attached hydrogens (primary N) is 1. The minimum Gasteiger partial charge on any atom is -0.392 e. The average molecular weight is 291 g/mol. The summed E-state index contributed by atoms with van der Waals surface area (Å²) in [6.07, 6.45) is 3.06. The van der Waals surface area contributed by atoms with Gasteiger partial charge in [0.25, 0.3) is 0 Å². The molecule has 2 rings (SSSR count). The Morgan fingerprint density at radius 1 is 1.38 bits per heavy atom. The summed E-state index contributed by atoms with van der Waals surface area (Å²) in [6.45, 7) is 3.15. The van der Waals surface area contributed by atoms with Gasteiger partial charge in [-0.3, -0.25) is 4.79 Å². The summed E-state index contributed by atoms with van der Waals surface area (Å²) in [5, 5.41) is 12.5. The van der Waals surface area contributed by atoms with E-state index in [1.165, 1.54) is 0 Å². The minimum absolute atomic E-state index is 0.0352. The predicted octanol–water partition coefficient (Wildman–Crippen LogP) is 1.32. The van der Waals surface area contributed by atoms with E-state index in [9.17, 15) is 9.90 Å². The van der Waals surface area contributed by atoms with Gasteiger partial charge in [-0.1, -0.05) is 12.1 Å². The van der Waals surface area contributed by atoms with Gasteiger partial charge in [0.2, 0.25) is 5.91 Å². The lowest BCUT2D eigenvalue weighted by Gasteiger charge is -2.29.